The Hall–Kier alpha value is -3.13. The molecule has 0 amide bonds. The van der Waals surface area contributed by atoms with Crippen LogP contribution in [0.5, 0.6) is 0 Å². The number of aromatic nitrogens is 2. The van der Waals surface area contributed by atoms with E-state index in [-0.39, 0.29) is 23.1 Å². The molecule has 2 N–H and O–H groups in total. The van der Waals surface area contributed by atoms with Gasteiger partial charge in [-0.2, -0.15) is 0 Å². The van der Waals surface area contributed by atoms with Crippen molar-refractivity contribution in [3.63, 3.8) is 0 Å². The van der Waals surface area contributed by atoms with Gasteiger partial charge >= 0.3 is 5.97 Å². The minimum Gasteiger partial charge on any atom is -0.477 e. The first-order chi connectivity index (χ1) is 13.4. The van der Waals surface area contributed by atoms with Crippen LogP contribution in [0.4, 0.5) is 8.78 Å². The molecule has 3 heterocycles. The first kappa shape index (κ1) is 17.0. The lowest BCUT2D eigenvalue weighted by molar-refractivity contribution is 0.0694. The number of nitrogens with zero attached hydrogens (tertiary/aromatic N) is 2. The highest BCUT2D eigenvalue weighted by atomic mass is 19.1. The molecule has 0 spiro atoms. The molecule has 3 aromatic rings. The highest BCUT2D eigenvalue weighted by molar-refractivity contribution is 5.92. The van der Waals surface area contributed by atoms with Crippen LogP contribution >= 0.6 is 0 Å². The maximum atomic E-state index is 14.8. The molecule has 1 aliphatic carbocycles. The van der Waals surface area contributed by atoms with Crippen molar-refractivity contribution in [1.29, 1.82) is 0 Å². The molecule has 142 valence electrons. The average Bonchev–Trinajstić information content (AvgIpc) is 3.20. The van der Waals surface area contributed by atoms with Gasteiger partial charge in [-0.1, -0.05) is 12.1 Å². The molecule has 1 saturated carbocycles. The number of aromatic carboxylic acids is 1. The summed E-state index contributed by atoms with van der Waals surface area (Å²) in [6.45, 7) is 1.43. The fraction of sp³-hybridized carbons (Fsp3) is 0.250. The summed E-state index contributed by atoms with van der Waals surface area (Å²) >= 11 is 0. The summed E-state index contributed by atoms with van der Waals surface area (Å²) in [4.78, 5) is 28.2. The van der Waals surface area contributed by atoms with Crippen molar-refractivity contribution in [3.05, 3.63) is 63.2 Å². The molecule has 6 nitrogen and oxygen atoms in total. The van der Waals surface area contributed by atoms with E-state index in [2.05, 4.69) is 10.3 Å². The van der Waals surface area contributed by atoms with Crippen molar-refractivity contribution in [2.24, 2.45) is 0 Å². The Morgan fingerprint density at radius 2 is 2.00 bits per heavy atom. The van der Waals surface area contributed by atoms with Gasteiger partial charge in [-0.3, -0.25) is 4.79 Å². The predicted octanol–water partition coefficient (Wildman–Crippen LogP) is 2.79. The average molecular weight is 383 g/mol. The molecular weight excluding hydrogens is 368 g/mol. The predicted molar refractivity (Wildman–Crippen MR) is 97.5 cm³/mol. The number of carboxylic acid groups (broad SMARTS) is 1. The molecule has 2 atom stereocenters. The van der Waals surface area contributed by atoms with Crippen LogP contribution in [0.25, 0.3) is 22.3 Å². The zero-order valence-electron chi connectivity index (χ0n) is 14.6. The third kappa shape index (κ3) is 2.52. The van der Waals surface area contributed by atoms with Gasteiger partial charge in [-0.15, -0.1) is 0 Å². The van der Waals surface area contributed by atoms with Gasteiger partial charge in [0.15, 0.2) is 0 Å². The Labute approximate surface area is 157 Å². The SMILES string of the molecule is O=C(O)c1cn([C@@H]2C[C@@H]2F)c2nc(-c3ccc4c(c3)CNC4)c(F)cc2c1=O. The molecule has 0 saturated heterocycles. The molecule has 0 bridgehead atoms. The van der Waals surface area contributed by atoms with E-state index in [1.807, 2.05) is 12.1 Å². The van der Waals surface area contributed by atoms with Crippen LogP contribution in [0.3, 0.4) is 0 Å². The van der Waals surface area contributed by atoms with Crippen LogP contribution in [0, 0.1) is 5.82 Å². The van der Waals surface area contributed by atoms with Crippen molar-refractivity contribution in [2.45, 2.75) is 31.7 Å². The molecule has 1 fully saturated rings. The maximum Gasteiger partial charge on any atom is 0.341 e. The highest BCUT2D eigenvalue weighted by Gasteiger charge is 2.40. The summed E-state index contributed by atoms with van der Waals surface area (Å²) < 4.78 is 29.9. The Morgan fingerprint density at radius 1 is 1.25 bits per heavy atom. The summed E-state index contributed by atoms with van der Waals surface area (Å²) in [6.07, 6.45) is 0.169. The van der Waals surface area contributed by atoms with E-state index in [0.29, 0.717) is 12.1 Å². The number of carboxylic acids is 1. The van der Waals surface area contributed by atoms with Gasteiger partial charge in [0.2, 0.25) is 5.43 Å². The number of hydrogen-bond donors (Lipinski definition) is 2. The van der Waals surface area contributed by atoms with Crippen LogP contribution < -0.4 is 10.7 Å². The largest absolute Gasteiger partial charge is 0.477 e. The zero-order chi connectivity index (χ0) is 19.6. The molecular formula is C20H15F2N3O3. The number of rotatable bonds is 3. The Bertz CT molecular complexity index is 1220. The van der Waals surface area contributed by atoms with E-state index >= 15 is 0 Å². The smallest absolute Gasteiger partial charge is 0.341 e. The number of halogens is 2. The van der Waals surface area contributed by atoms with Gasteiger partial charge in [0.25, 0.3) is 0 Å². The Balaban J connectivity index is 1.77. The first-order valence-corrected chi connectivity index (χ1v) is 8.89. The molecule has 2 aromatic heterocycles. The third-order valence-corrected chi connectivity index (χ3v) is 5.34. The van der Waals surface area contributed by atoms with Gasteiger partial charge in [0.05, 0.1) is 11.4 Å². The molecule has 28 heavy (non-hydrogen) atoms. The lowest BCUT2D eigenvalue weighted by atomic mass is 10.0. The highest BCUT2D eigenvalue weighted by Crippen LogP contribution is 2.40. The van der Waals surface area contributed by atoms with Crippen LogP contribution in [0.2, 0.25) is 0 Å². The number of hydrogen-bond acceptors (Lipinski definition) is 4. The van der Waals surface area contributed by atoms with Gasteiger partial charge in [-0.25, -0.2) is 18.6 Å². The summed E-state index contributed by atoms with van der Waals surface area (Å²) in [7, 11) is 0. The number of benzene rings is 1. The molecule has 8 heteroatoms. The van der Waals surface area contributed by atoms with E-state index in [4.69, 9.17) is 0 Å². The molecule has 5 rings (SSSR count). The fourth-order valence-electron chi connectivity index (χ4n) is 3.74. The van der Waals surface area contributed by atoms with Crippen molar-refractivity contribution in [2.75, 3.05) is 0 Å². The van der Waals surface area contributed by atoms with Crippen molar-refractivity contribution < 1.29 is 18.7 Å². The monoisotopic (exact) mass is 383 g/mol. The van der Waals surface area contributed by atoms with Crippen LogP contribution in [0.15, 0.2) is 35.3 Å². The van der Waals surface area contributed by atoms with Gasteiger partial charge in [-0.05, 0) is 23.3 Å². The second kappa shape index (κ2) is 5.93. The number of fused-ring (bicyclic) bond motifs is 2. The quantitative estimate of drug-likeness (QED) is 0.727. The second-order valence-electron chi connectivity index (χ2n) is 7.18. The van der Waals surface area contributed by atoms with Crippen LogP contribution in [-0.4, -0.2) is 26.8 Å². The van der Waals surface area contributed by atoms with E-state index in [1.54, 1.807) is 6.07 Å². The topological polar surface area (TPSA) is 84.2 Å². The maximum absolute atomic E-state index is 14.8. The standard InChI is InChI=1S/C20H15F2N3O3/c21-14-5-16(14)25-8-13(20(27)28)18(26)12-4-15(22)17(24-19(12)25)9-1-2-10-6-23-7-11(10)3-9/h1-4,8,14,16,23H,5-7H2,(H,27,28)/t14-,16+/m0/s1. The normalized spacial score (nSPS) is 20.4. The molecule has 1 aliphatic heterocycles. The summed E-state index contributed by atoms with van der Waals surface area (Å²) in [5.74, 6) is -2.16. The zero-order valence-corrected chi connectivity index (χ0v) is 14.6. The fourth-order valence-corrected chi connectivity index (χ4v) is 3.74. The van der Waals surface area contributed by atoms with E-state index in [1.165, 1.54) is 4.57 Å². The van der Waals surface area contributed by atoms with Crippen molar-refractivity contribution in [3.8, 4) is 11.3 Å². The van der Waals surface area contributed by atoms with Gasteiger partial charge in [0.1, 0.15) is 28.9 Å². The van der Waals surface area contributed by atoms with Crippen LogP contribution in [-0.2, 0) is 13.1 Å². The van der Waals surface area contributed by atoms with Crippen molar-refractivity contribution in [1.82, 2.24) is 14.9 Å². The van der Waals surface area contributed by atoms with E-state index < -0.39 is 35.0 Å². The molecule has 1 aromatic carbocycles. The minimum atomic E-state index is -1.44. The number of nitrogens with one attached hydrogen (secondary N) is 1. The number of carbonyl (C=O) groups is 1. The first-order valence-electron chi connectivity index (χ1n) is 8.89. The Morgan fingerprint density at radius 3 is 2.71 bits per heavy atom. The van der Waals surface area contributed by atoms with Gasteiger partial charge < -0.3 is 15.0 Å². The van der Waals surface area contributed by atoms with Crippen molar-refractivity contribution >= 4 is 17.0 Å². The van der Waals surface area contributed by atoms with E-state index in [9.17, 15) is 23.5 Å². The molecule has 0 radical (unpaired) electrons. The van der Waals surface area contributed by atoms with Crippen LogP contribution in [0.1, 0.15) is 33.9 Å². The second-order valence-corrected chi connectivity index (χ2v) is 7.18. The summed E-state index contributed by atoms with van der Waals surface area (Å²) in [6, 6.07) is 5.90. The minimum absolute atomic E-state index is 0.0504. The Kier molecular flexibility index (Phi) is 3.60. The molecule has 0 unspecified atom stereocenters. The number of pyridine rings is 2. The summed E-state index contributed by atoms with van der Waals surface area (Å²) in [5, 5.41) is 12.3. The molecule has 2 aliphatic rings. The summed E-state index contributed by atoms with van der Waals surface area (Å²) in [5.41, 5.74) is 1.52. The third-order valence-electron chi connectivity index (χ3n) is 5.34. The van der Waals surface area contributed by atoms with E-state index in [0.717, 1.165) is 29.9 Å². The number of alkyl halides is 1. The van der Waals surface area contributed by atoms with Gasteiger partial charge in [0, 0.05) is 31.3 Å². The lowest BCUT2D eigenvalue weighted by Gasteiger charge is -2.13. The lowest BCUT2D eigenvalue weighted by Crippen LogP contribution is -2.20.